The van der Waals surface area contributed by atoms with Crippen LogP contribution in [-0.2, 0) is 29.3 Å². The molecule has 3 rings (SSSR count). The van der Waals surface area contributed by atoms with Gasteiger partial charge in [-0.3, -0.25) is 9.59 Å². The molecule has 3 N–H and O–H groups in total. The molecule has 0 atom stereocenters. The molecule has 3 aromatic rings. The molecule has 0 saturated heterocycles. The molecule has 10 heteroatoms. The largest absolute Gasteiger partial charge is 0.390 e. The van der Waals surface area contributed by atoms with Gasteiger partial charge in [0.25, 0.3) is 0 Å². The molecule has 0 saturated carbocycles. The van der Waals surface area contributed by atoms with Crippen molar-refractivity contribution in [3.63, 3.8) is 0 Å². The van der Waals surface area contributed by atoms with Crippen LogP contribution in [0.5, 0.6) is 0 Å². The van der Waals surface area contributed by atoms with Gasteiger partial charge in [0, 0.05) is 12.6 Å². The van der Waals surface area contributed by atoms with Crippen LogP contribution in [0.2, 0.25) is 0 Å². The van der Waals surface area contributed by atoms with E-state index in [-0.39, 0.29) is 30.5 Å². The summed E-state index contributed by atoms with van der Waals surface area (Å²) in [6.45, 7) is 1.92. The molecule has 0 bridgehead atoms. The number of halogens is 2. The summed E-state index contributed by atoms with van der Waals surface area (Å²) in [4.78, 5) is 28.7. The van der Waals surface area contributed by atoms with Crippen molar-refractivity contribution in [1.29, 1.82) is 0 Å². The number of rotatable bonds is 9. The number of carbonyl (C=O) groups is 2. The van der Waals surface area contributed by atoms with Gasteiger partial charge < -0.3 is 20.3 Å². The van der Waals surface area contributed by atoms with Gasteiger partial charge in [-0.05, 0) is 24.6 Å². The summed E-state index contributed by atoms with van der Waals surface area (Å²) in [6, 6.07) is 10.6. The van der Waals surface area contributed by atoms with E-state index >= 15 is 0 Å². The molecule has 0 radical (unpaired) electrons. The monoisotopic (exact) mass is 460 g/mol. The first kappa shape index (κ1) is 23.4. The van der Waals surface area contributed by atoms with Crippen molar-refractivity contribution in [2.45, 2.75) is 31.8 Å². The van der Waals surface area contributed by atoms with Crippen LogP contribution in [0.15, 0.2) is 53.8 Å². The van der Waals surface area contributed by atoms with Crippen molar-refractivity contribution in [2.75, 3.05) is 11.1 Å². The maximum absolute atomic E-state index is 13.7. The maximum atomic E-state index is 13.7. The fourth-order valence-electron chi connectivity index (χ4n) is 2.82. The second-order valence-electron chi connectivity index (χ2n) is 7.00. The summed E-state index contributed by atoms with van der Waals surface area (Å²) in [6.07, 6.45) is 1.42. The first-order chi connectivity index (χ1) is 15.4. The lowest BCUT2D eigenvalue weighted by Crippen LogP contribution is -2.28. The molecule has 0 aliphatic rings. The molecule has 0 spiro atoms. The molecule has 0 fully saturated rings. The highest BCUT2D eigenvalue weighted by Crippen LogP contribution is 2.20. The number of benzene rings is 2. The number of amides is 2. The zero-order valence-corrected chi connectivity index (χ0v) is 18.1. The molecule has 2 amide bonds. The lowest BCUT2D eigenvalue weighted by Gasteiger charge is -2.11. The van der Waals surface area contributed by atoms with E-state index in [0.29, 0.717) is 23.5 Å². The fourth-order valence-corrected chi connectivity index (χ4v) is 3.61. The third kappa shape index (κ3) is 6.38. The zero-order valence-electron chi connectivity index (χ0n) is 17.3. The van der Waals surface area contributed by atoms with Crippen LogP contribution in [0.3, 0.4) is 0 Å². The number of carbonyl (C=O) groups excluding carboxylic acids is 2. The van der Waals surface area contributed by atoms with E-state index in [1.54, 1.807) is 0 Å². The van der Waals surface area contributed by atoms with Crippen LogP contribution in [0.25, 0.3) is 0 Å². The highest BCUT2D eigenvalue weighted by molar-refractivity contribution is 7.99. The van der Waals surface area contributed by atoms with Crippen LogP contribution in [0.4, 0.5) is 14.5 Å². The van der Waals surface area contributed by atoms with Gasteiger partial charge in [0.05, 0.1) is 29.9 Å². The number of aliphatic hydroxyl groups is 1. The first-order valence-corrected chi connectivity index (χ1v) is 10.7. The van der Waals surface area contributed by atoms with Crippen LogP contribution in [0, 0.1) is 18.6 Å². The molecule has 168 valence electrons. The van der Waals surface area contributed by atoms with Gasteiger partial charge in [0.1, 0.15) is 18.2 Å². The molecule has 7 nitrogen and oxygen atoms in total. The van der Waals surface area contributed by atoms with E-state index in [0.717, 1.165) is 35.0 Å². The van der Waals surface area contributed by atoms with Gasteiger partial charge in [-0.15, -0.1) is 0 Å². The molecule has 0 aliphatic heterocycles. The van der Waals surface area contributed by atoms with Crippen molar-refractivity contribution in [2.24, 2.45) is 0 Å². The number of hydrogen-bond acceptors (Lipinski definition) is 5. The summed E-state index contributed by atoms with van der Waals surface area (Å²) in [5.41, 5.74) is 2.37. The summed E-state index contributed by atoms with van der Waals surface area (Å²) in [5.74, 6) is -2.54. The van der Waals surface area contributed by atoms with Crippen molar-refractivity contribution in [1.82, 2.24) is 14.9 Å². The molecule has 0 unspecified atom stereocenters. The van der Waals surface area contributed by atoms with Crippen molar-refractivity contribution < 1.29 is 23.5 Å². The number of aryl methyl sites for hydroxylation is 1. The van der Waals surface area contributed by atoms with Crippen LogP contribution in [-0.4, -0.2) is 32.2 Å². The Labute approximate surface area is 187 Å². The minimum absolute atomic E-state index is 0.0850. The van der Waals surface area contributed by atoms with Crippen molar-refractivity contribution in [3.8, 4) is 0 Å². The second kappa shape index (κ2) is 10.9. The number of imidazole rings is 1. The predicted molar refractivity (Wildman–Crippen MR) is 117 cm³/mol. The Balaban J connectivity index is 1.58. The average Bonchev–Trinajstić information content (AvgIpc) is 3.15. The average molecular weight is 461 g/mol. The Morgan fingerprint density at radius 2 is 1.88 bits per heavy atom. The highest BCUT2D eigenvalue weighted by Gasteiger charge is 2.16. The van der Waals surface area contributed by atoms with Crippen molar-refractivity contribution >= 4 is 29.3 Å². The molecule has 1 aromatic heterocycles. The minimum Gasteiger partial charge on any atom is -0.390 e. The Kier molecular flexibility index (Phi) is 7.96. The Morgan fingerprint density at radius 1 is 1.12 bits per heavy atom. The molecular formula is C22H22F2N4O3S. The molecular weight excluding hydrogens is 438 g/mol. The smallest absolute Gasteiger partial charge is 0.240 e. The van der Waals surface area contributed by atoms with E-state index in [4.69, 9.17) is 0 Å². The first-order valence-electron chi connectivity index (χ1n) is 9.71. The molecule has 0 aliphatic carbocycles. The second-order valence-corrected chi connectivity index (χ2v) is 7.94. The quantitative estimate of drug-likeness (QED) is 0.427. The number of hydrogen-bond donors (Lipinski definition) is 3. The van der Waals surface area contributed by atoms with Gasteiger partial charge in [-0.1, -0.05) is 41.6 Å². The van der Waals surface area contributed by atoms with Crippen LogP contribution >= 0.6 is 11.8 Å². The molecule has 1 heterocycles. The van der Waals surface area contributed by atoms with E-state index in [1.807, 2.05) is 31.2 Å². The maximum Gasteiger partial charge on any atom is 0.240 e. The minimum atomic E-state index is -0.877. The summed E-state index contributed by atoms with van der Waals surface area (Å²) in [7, 11) is 0. The van der Waals surface area contributed by atoms with Crippen LogP contribution in [0.1, 0.15) is 16.8 Å². The summed E-state index contributed by atoms with van der Waals surface area (Å²) < 4.78 is 28.2. The predicted octanol–water partition coefficient (Wildman–Crippen LogP) is 3.01. The SMILES string of the molecule is Cc1ccc(CNC(=O)Cn2c(CO)cnc2SCC(=O)Nc2ccc(F)cc2F)cc1. The normalized spacial score (nSPS) is 10.8. The lowest BCUT2D eigenvalue weighted by atomic mass is 10.1. The van der Waals surface area contributed by atoms with Gasteiger partial charge in [0.15, 0.2) is 5.16 Å². The third-order valence-electron chi connectivity index (χ3n) is 4.51. The van der Waals surface area contributed by atoms with E-state index in [9.17, 15) is 23.5 Å². The zero-order chi connectivity index (χ0) is 23.1. The summed E-state index contributed by atoms with van der Waals surface area (Å²) in [5, 5.41) is 15.1. The Morgan fingerprint density at radius 3 is 2.56 bits per heavy atom. The number of nitrogens with one attached hydrogen (secondary N) is 2. The van der Waals surface area contributed by atoms with E-state index < -0.39 is 17.5 Å². The Bertz CT molecular complexity index is 1100. The topological polar surface area (TPSA) is 96.2 Å². The highest BCUT2D eigenvalue weighted by atomic mass is 32.2. The van der Waals surface area contributed by atoms with Gasteiger partial charge in [-0.2, -0.15) is 0 Å². The number of anilines is 1. The van der Waals surface area contributed by atoms with Gasteiger partial charge in [-0.25, -0.2) is 13.8 Å². The van der Waals surface area contributed by atoms with Gasteiger partial charge in [0.2, 0.25) is 11.8 Å². The Hall–Kier alpha value is -3.24. The van der Waals surface area contributed by atoms with E-state index in [2.05, 4.69) is 15.6 Å². The number of nitrogens with zero attached hydrogens (tertiary/aromatic N) is 2. The fraction of sp³-hybridized carbons (Fsp3) is 0.227. The van der Waals surface area contributed by atoms with Crippen molar-refractivity contribution in [3.05, 3.63) is 77.1 Å². The number of aliphatic hydroxyl groups excluding tert-OH is 1. The number of thioether (sulfide) groups is 1. The molecule has 2 aromatic carbocycles. The summed E-state index contributed by atoms with van der Waals surface area (Å²) >= 11 is 1.03. The standard InChI is InChI=1S/C22H22F2N4O3S/c1-14-2-4-15(5-3-14)9-25-20(30)11-28-17(12-29)10-26-22(28)32-13-21(31)27-19-7-6-16(23)8-18(19)24/h2-8,10,29H,9,11-13H2,1H3,(H,25,30)(H,27,31). The van der Waals surface area contributed by atoms with E-state index in [1.165, 1.54) is 10.8 Å². The van der Waals surface area contributed by atoms with Gasteiger partial charge >= 0.3 is 0 Å². The third-order valence-corrected chi connectivity index (χ3v) is 5.50. The number of aromatic nitrogens is 2. The van der Waals surface area contributed by atoms with Crippen LogP contribution < -0.4 is 10.6 Å². The molecule has 32 heavy (non-hydrogen) atoms. The lowest BCUT2D eigenvalue weighted by molar-refractivity contribution is -0.122.